The van der Waals surface area contributed by atoms with Gasteiger partial charge in [0.2, 0.25) is 0 Å². The molecule has 1 unspecified atom stereocenters. The zero-order valence-corrected chi connectivity index (χ0v) is 15.8. The SMILES string of the molecule is CO[C@@]1(C)C=CC(C2C/C=C(\C=O)S/C(SC)=C/C(=N/O)C2)=CC1. The van der Waals surface area contributed by atoms with Gasteiger partial charge in [-0.25, -0.2) is 0 Å². The minimum atomic E-state index is -0.262. The first kappa shape index (κ1) is 19.1. The van der Waals surface area contributed by atoms with E-state index in [4.69, 9.17) is 4.74 Å². The highest BCUT2D eigenvalue weighted by molar-refractivity contribution is 8.24. The Labute approximate surface area is 151 Å². The predicted octanol–water partition coefficient (Wildman–Crippen LogP) is 4.54. The van der Waals surface area contributed by atoms with Gasteiger partial charge >= 0.3 is 0 Å². The van der Waals surface area contributed by atoms with E-state index in [9.17, 15) is 10.0 Å². The number of hydrogen-bond donors (Lipinski definition) is 1. The lowest BCUT2D eigenvalue weighted by Crippen LogP contribution is -2.26. The third kappa shape index (κ3) is 4.88. The van der Waals surface area contributed by atoms with Crippen molar-refractivity contribution in [3.63, 3.8) is 0 Å². The van der Waals surface area contributed by atoms with Crippen molar-refractivity contribution >= 4 is 35.5 Å². The Kier molecular flexibility index (Phi) is 6.95. The molecule has 0 aromatic carbocycles. The molecule has 0 bridgehead atoms. The summed E-state index contributed by atoms with van der Waals surface area (Å²) in [6.07, 6.45) is 15.2. The molecule has 4 nitrogen and oxygen atoms in total. The number of hydrogen-bond acceptors (Lipinski definition) is 6. The number of allylic oxidation sites excluding steroid dienone is 5. The topological polar surface area (TPSA) is 58.9 Å². The maximum atomic E-state index is 11.3. The van der Waals surface area contributed by atoms with Crippen LogP contribution in [0.5, 0.6) is 0 Å². The Morgan fingerprint density at radius 3 is 2.83 bits per heavy atom. The molecule has 1 heterocycles. The van der Waals surface area contributed by atoms with Crippen LogP contribution in [0.3, 0.4) is 0 Å². The van der Waals surface area contributed by atoms with Crippen molar-refractivity contribution in [2.45, 2.75) is 31.8 Å². The lowest BCUT2D eigenvalue weighted by atomic mass is 9.83. The van der Waals surface area contributed by atoms with Gasteiger partial charge in [0, 0.05) is 22.7 Å². The van der Waals surface area contributed by atoms with Crippen LogP contribution in [-0.2, 0) is 9.53 Å². The minimum absolute atomic E-state index is 0.168. The van der Waals surface area contributed by atoms with Crippen molar-refractivity contribution in [2.75, 3.05) is 13.4 Å². The molecule has 6 heteroatoms. The molecule has 130 valence electrons. The van der Waals surface area contributed by atoms with Gasteiger partial charge in [0.25, 0.3) is 0 Å². The molecule has 2 rings (SSSR count). The zero-order valence-electron chi connectivity index (χ0n) is 14.2. The van der Waals surface area contributed by atoms with E-state index in [0.29, 0.717) is 17.0 Å². The van der Waals surface area contributed by atoms with Crippen LogP contribution < -0.4 is 0 Å². The smallest absolute Gasteiger partial charge is 0.156 e. The Morgan fingerprint density at radius 2 is 2.29 bits per heavy atom. The van der Waals surface area contributed by atoms with Crippen LogP contribution in [0.4, 0.5) is 0 Å². The summed E-state index contributed by atoms with van der Waals surface area (Å²) in [7, 11) is 1.71. The molecular formula is C18H23NO3S2. The highest BCUT2D eigenvalue weighted by Gasteiger charge is 2.25. The minimum Gasteiger partial charge on any atom is -0.411 e. The summed E-state index contributed by atoms with van der Waals surface area (Å²) in [4.78, 5) is 12.0. The van der Waals surface area contributed by atoms with Gasteiger partial charge in [-0.05, 0) is 43.6 Å². The van der Waals surface area contributed by atoms with E-state index in [0.717, 1.165) is 23.4 Å². The first-order chi connectivity index (χ1) is 11.5. The second-order valence-electron chi connectivity index (χ2n) is 5.98. The summed E-state index contributed by atoms with van der Waals surface area (Å²) in [6.45, 7) is 2.05. The number of aldehydes is 1. The molecule has 0 saturated carbocycles. The second kappa shape index (κ2) is 8.74. The normalized spacial score (nSPS) is 34.2. The average molecular weight is 366 g/mol. The first-order valence-electron chi connectivity index (χ1n) is 7.78. The number of methoxy groups -OCH3 is 1. The summed E-state index contributed by atoms with van der Waals surface area (Å²) in [5, 5.41) is 12.8. The van der Waals surface area contributed by atoms with Crippen LogP contribution in [0.15, 0.2) is 50.3 Å². The number of carbonyl (C=O) groups excluding carboxylic acids is 1. The fourth-order valence-corrected chi connectivity index (χ4v) is 4.19. The zero-order chi connectivity index (χ0) is 17.6. The summed E-state index contributed by atoms with van der Waals surface area (Å²) < 4.78 is 6.46. The molecule has 1 aliphatic heterocycles. The van der Waals surface area contributed by atoms with Crippen LogP contribution in [-0.4, -0.2) is 36.2 Å². The lowest BCUT2D eigenvalue weighted by Gasteiger charge is -2.28. The second-order valence-corrected chi connectivity index (χ2v) is 8.20. The van der Waals surface area contributed by atoms with Crippen LogP contribution in [0.25, 0.3) is 0 Å². The van der Waals surface area contributed by atoms with Gasteiger partial charge in [0.1, 0.15) is 0 Å². The molecule has 0 saturated heterocycles. The van der Waals surface area contributed by atoms with E-state index in [1.165, 1.54) is 17.3 Å². The molecule has 0 spiro atoms. The summed E-state index contributed by atoms with van der Waals surface area (Å²) in [6, 6.07) is 0. The van der Waals surface area contributed by atoms with Crippen LogP contribution >= 0.6 is 23.5 Å². The highest BCUT2D eigenvalue weighted by Crippen LogP contribution is 2.37. The van der Waals surface area contributed by atoms with Gasteiger partial charge < -0.3 is 9.94 Å². The van der Waals surface area contributed by atoms with Gasteiger partial charge in [-0.2, -0.15) is 0 Å². The summed E-state index contributed by atoms with van der Waals surface area (Å²) in [5.41, 5.74) is 1.56. The molecule has 0 radical (unpaired) electrons. The van der Waals surface area contributed by atoms with Crippen LogP contribution in [0, 0.1) is 5.92 Å². The number of carbonyl (C=O) groups is 1. The molecule has 1 N–H and O–H groups in total. The maximum absolute atomic E-state index is 11.3. The molecule has 1 aliphatic carbocycles. The number of ether oxygens (including phenoxy) is 1. The average Bonchev–Trinajstić information content (AvgIpc) is 2.70. The molecule has 2 aliphatic rings. The van der Waals surface area contributed by atoms with E-state index in [1.54, 1.807) is 18.9 Å². The van der Waals surface area contributed by atoms with Crippen molar-refractivity contribution in [3.8, 4) is 0 Å². The number of rotatable bonds is 4. The third-order valence-corrected chi connectivity index (χ3v) is 6.40. The number of thioether (sulfide) groups is 2. The Balaban J connectivity index is 2.28. The lowest BCUT2D eigenvalue weighted by molar-refractivity contribution is -0.104. The van der Waals surface area contributed by atoms with Crippen molar-refractivity contribution < 1.29 is 14.7 Å². The molecule has 24 heavy (non-hydrogen) atoms. The van der Waals surface area contributed by atoms with Gasteiger partial charge in [-0.3, -0.25) is 4.79 Å². The van der Waals surface area contributed by atoms with Crippen LogP contribution in [0.2, 0.25) is 0 Å². The number of oxime groups is 1. The van der Waals surface area contributed by atoms with Crippen molar-refractivity contribution in [3.05, 3.63) is 45.1 Å². The Morgan fingerprint density at radius 1 is 1.50 bits per heavy atom. The quantitative estimate of drug-likeness (QED) is 0.450. The molecule has 0 fully saturated rings. The standard InChI is InChI=1S/C18H23NO3S2/c1-18(22-2)8-6-13(7-9-18)14-4-5-16(12-20)24-17(23-3)11-15(10-14)19-21/h5-8,11-12,14,21H,4,9-10H2,1-3H3/b16-5+,17-11+,19-15+/t14?,18-/m0/s1. The molecule has 0 aromatic heterocycles. The summed E-state index contributed by atoms with van der Waals surface area (Å²) >= 11 is 2.96. The van der Waals surface area contributed by atoms with Gasteiger partial charge in [0.15, 0.2) is 6.29 Å². The third-order valence-electron chi connectivity index (χ3n) is 4.32. The molecule has 0 aromatic rings. The highest BCUT2D eigenvalue weighted by atomic mass is 32.2. The fourth-order valence-electron chi connectivity index (χ4n) is 2.66. The van der Waals surface area contributed by atoms with Crippen molar-refractivity contribution in [2.24, 2.45) is 11.1 Å². The van der Waals surface area contributed by atoms with E-state index in [1.807, 2.05) is 18.4 Å². The van der Waals surface area contributed by atoms with Crippen LogP contribution in [0.1, 0.15) is 26.2 Å². The van der Waals surface area contributed by atoms with Gasteiger partial charge in [-0.15, -0.1) is 11.8 Å². The molecular weight excluding hydrogens is 342 g/mol. The van der Waals surface area contributed by atoms with Crippen molar-refractivity contribution in [1.29, 1.82) is 0 Å². The largest absolute Gasteiger partial charge is 0.411 e. The van der Waals surface area contributed by atoms with Gasteiger partial charge in [0.05, 0.1) is 11.3 Å². The molecule has 2 atom stereocenters. The van der Waals surface area contributed by atoms with Gasteiger partial charge in [-0.1, -0.05) is 41.2 Å². The van der Waals surface area contributed by atoms with E-state index in [2.05, 4.69) is 30.3 Å². The predicted molar refractivity (Wildman–Crippen MR) is 103 cm³/mol. The number of nitrogens with zero attached hydrogens (tertiary/aromatic N) is 1. The van der Waals surface area contributed by atoms with E-state index >= 15 is 0 Å². The maximum Gasteiger partial charge on any atom is 0.156 e. The molecule has 0 amide bonds. The summed E-state index contributed by atoms with van der Waals surface area (Å²) in [5.74, 6) is 0.168. The first-order valence-corrected chi connectivity index (χ1v) is 9.82. The monoisotopic (exact) mass is 365 g/mol. The van der Waals surface area contributed by atoms with E-state index in [-0.39, 0.29) is 11.5 Å². The van der Waals surface area contributed by atoms with E-state index < -0.39 is 0 Å². The Bertz CT molecular complexity index is 634. The Hall–Kier alpha value is -1.24. The van der Waals surface area contributed by atoms with Crippen molar-refractivity contribution in [1.82, 2.24) is 0 Å². The fraction of sp³-hybridized carbons (Fsp3) is 0.444.